The summed E-state index contributed by atoms with van der Waals surface area (Å²) in [5, 5.41) is 0. The standard InChI is InChI=1S/C12H12BrFO2/c1-16-12(15)8-3-2-7-4-9(14)6-11(13)10(7)5-8/h4,6,8H,2-3,5H2,1H3. The first kappa shape index (κ1) is 11.6. The molecule has 0 heterocycles. The second-order valence-electron chi connectivity index (χ2n) is 3.99. The molecule has 0 radical (unpaired) electrons. The molecular weight excluding hydrogens is 275 g/mol. The lowest BCUT2D eigenvalue weighted by Gasteiger charge is -2.23. The first-order valence-corrected chi connectivity index (χ1v) is 5.95. The Morgan fingerprint density at radius 1 is 1.56 bits per heavy atom. The van der Waals surface area contributed by atoms with Crippen LogP contribution in [0.2, 0.25) is 0 Å². The normalized spacial score (nSPS) is 19.1. The maximum absolute atomic E-state index is 13.2. The Morgan fingerprint density at radius 2 is 2.31 bits per heavy atom. The molecule has 1 unspecified atom stereocenters. The van der Waals surface area contributed by atoms with E-state index in [0.717, 1.165) is 28.4 Å². The second-order valence-corrected chi connectivity index (χ2v) is 4.84. The van der Waals surface area contributed by atoms with E-state index in [0.29, 0.717) is 6.42 Å². The van der Waals surface area contributed by atoms with E-state index in [1.54, 1.807) is 6.07 Å². The van der Waals surface area contributed by atoms with Gasteiger partial charge >= 0.3 is 5.97 Å². The van der Waals surface area contributed by atoms with Gasteiger partial charge in [0, 0.05) is 4.47 Å². The van der Waals surface area contributed by atoms with Crippen molar-refractivity contribution in [3.63, 3.8) is 0 Å². The van der Waals surface area contributed by atoms with Crippen LogP contribution in [0, 0.1) is 11.7 Å². The van der Waals surface area contributed by atoms with Crippen LogP contribution in [-0.2, 0) is 22.4 Å². The molecule has 4 heteroatoms. The average Bonchev–Trinajstić information content (AvgIpc) is 2.27. The van der Waals surface area contributed by atoms with E-state index >= 15 is 0 Å². The molecule has 1 aliphatic rings. The molecule has 0 amide bonds. The SMILES string of the molecule is COC(=O)C1CCc2cc(F)cc(Br)c2C1. The van der Waals surface area contributed by atoms with Gasteiger partial charge in [0.1, 0.15) is 5.82 Å². The van der Waals surface area contributed by atoms with Crippen LogP contribution in [0.3, 0.4) is 0 Å². The van der Waals surface area contributed by atoms with Crippen molar-refractivity contribution in [1.82, 2.24) is 0 Å². The molecule has 1 atom stereocenters. The minimum atomic E-state index is -0.234. The monoisotopic (exact) mass is 286 g/mol. The van der Waals surface area contributed by atoms with Gasteiger partial charge in [-0.15, -0.1) is 0 Å². The van der Waals surface area contributed by atoms with Crippen LogP contribution < -0.4 is 0 Å². The quantitative estimate of drug-likeness (QED) is 0.742. The van der Waals surface area contributed by atoms with Crippen molar-refractivity contribution >= 4 is 21.9 Å². The molecule has 0 aliphatic heterocycles. The summed E-state index contributed by atoms with van der Waals surface area (Å²) in [6.07, 6.45) is 2.09. The number of hydrogen-bond donors (Lipinski definition) is 0. The van der Waals surface area contributed by atoms with Gasteiger partial charge in [-0.3, -0.25) is 4.79 Å². The second kappa shape index (κ2) is 4.53. The molecule has 2 nitrogen and oxygen atoms in total. The highest BCUT2D eigenvalue weighted by atomic mass is 79.9. The smallest absolute Gasteiger partial charge is 0.309 e. The highest BCUT2D eigenvalue weighted by Crippen LogP contribution is 2.32. The van der Waals surface area contributed by atoms with Gasteiger partial charge in [-0.1, -0.05) is 15.9 Å². The maximum Gasteiger partial charge on any atom is 0.309 e. The Hall–Kier alpha value is -0.900. The Bertz CT molecular complexity index is 431. The van der Waals surface area contributed by atoms with Crippen LogP contribution in [0.1, 0.15) is 17.5 Å². The fourth-order valence-corrected chi connectivity index (χ4v) is 2.79. The zero-order valence-electron chi connectivity index (χ0n) is 8.93. The topological polar surface area (TPSA) is 26.3 Å². The number of carbonyl (C=O) groups excluding carboxylic acids is 1. The molecule has 16 heavy (non-hydrogen) atoms. The molecule has 1 aromatic rings. The minimum Gasteiger partial charge on any atom is -0.469 e. The minimum absolute atomic E-state index is 0.0979. The highest BCUT2D eigenvalue weighted by Gasteiger charge is 2.26. The third-order valence-corrected chi connectivity index (χ3v) is 3.71. The van der Waals surface area contributed by atoms with Crippen LogP contribution in [0.5, 0.6) is 0 Å². The number of benzene rings is 1. The Kier molecular flexibility index (Phi) is 3.28. The van der Waals surface area contributed by atoms with E-state index in [2.05, 4.69) is 15.9 Å². The summed E-state index contributed by atoms with van der Waals surface area (Å²) in [6, 6.07) is 2.99. The number of ether oxygens (including phenoxy) is 1. The molecule has 0 bridgehead atoms. The maximum atomic E-state index is 13.2. The van der Waals surface area contributed by atoms with Crippen LogP contribution in [0.15, 0.2) is 16.6 Å². The fourth-order valence-electron chi connectivity index (χ4n) is 2.15. The van der Waals surface area contributed by atoms with Crippen LogP contribution in [0.4, 0.5) is 4.39 Å². The van der Waals surface area contributed by atoms with Crippen molar-refractivity contribution in [2.24, 2.45) is 5.92 Å². The molecule has 0 aromatic heterocycles. The largest absolute Gasteiger partial charge is 0.469 e. The lowest BCUT2D eigenvalue weighted by atomic mass is 9.84. The number of carbonyl (C=O) groups is 1. The molecule has 1 aromatic carbocycles. The number of aryl methyl sites for hydroxylation is 1. The Morgan fingerprint density at radius 3 is 3.00 bits per heavy atom. The molecule has 0 spiro atoms. The molecule has 0 N–H and O–H groups in total. The number of fused-ring (bicyclic) bond motifs is 1. The van der Waals surface area contributed by atoms with Crippen molar-refractivity contribution in [2.75, 3.05) is 7.11 Å². The summed E-state index contributed by atoms with van der Waals surface area (Å²) in [6.45, 7) is 0. The van der Waals surface area contributed by atoms with E-state index in [9.17, 15) is 9.18 Å². The number of rotatable bonds is 1. The van der Waals surface area contributed by atoms with Gasteiger partial charge in [0.15, 0.2) is 0 Å². The summed E-state index contributed by atoms with van der Waals surface area (Å²) < 4.78 is 18.6. The highest BCUT2D eigenvalue weighted by molar-refractivity contribution is 9.10. The zero-order valence-corrected chi connectivity index (χ0v) is 10.5. The number of methoxy groups -OCH3 is 1. The van der Waals surface area contributed by atoms with Gasteiger partial charge in [-0.25, -0.2) is 4.39 Å². The van der Waals surface area contributed by atoms with Crippen molar-refractivity contribution in [2.45, 2.75) is 19.3 Å². The van der Waals surface area contributed by atoms with Crippen LogP contribution >= 0.6 is 15.9 Å². The van der Waals surface area contributed by atoms with Crippen LogP contribution in [0.25, 0.3) is 0 Å². The van der Waals surface area contributed by atoms with Crippen molar-refractivity contribution in [3.05, 3.63) is 33.5 Å². The van der Waals surface area contributed by atoms with Gasteiger partial charge in [0.2, 0.25) is 0 Å². The van der Waals surface area contributed by atoms with Gasteiger partial charge in [-0.05, 0) is 42.5 Å². The van der Waals surface area contributed by atoms with E-state index in [-0.39, 0.29) is 17.7 Å². The first-order chi connectivity index (χ1) is 7.61. The number of esters is 1. The van der Waals surface area contributed by atoms with Crippen LogP contribution in [-0.4, -0.2) is 13.1 Å². The van der Waals surface area contributed by atoms with Gasteiger partial charge in [0.25, 0.3) is 0 Å². The third-order valence-electron chi connectivity index (χ3n) is 3.00. The predicted molar refractivity (Wildman–Crippen MR) is 61.6 cm³/mol. The molecule has 0 saturated heterocycles. The van der Waals surface area contributed by atoms with Gasteiger partial charge in [0.05, 0.1) is 13.0 Å². The van der Waals surface area contributed by atoms with Crippen molar-refractivity contribution in [1.29, 1.82) is 0 Å². The average molecular weight is 287 g/mol. The van der Waals surface area contributed by atoms with Crippen molar-refractivity contribution in [3.8, 4) is 0 Å². The molecule has 86 valence electrons. The van der Waals surface area contributed by atoms with Crippen molar-refractivity contribution < 1.29 is 13.9 Å². The number of hydrogen-bond acceptors (Lipinski definition) is 2. The zero-order chi connectivity index (χ0) is 11.7. The summed E-state index contributed by atoms with van der Waals surface area (Å²) in [5.41, 5.74) is 2.02. The molecule has 1 aliphatic carbocycles. The summed E-state index contributed by atoms with van der Waals surface area (Å²) in [7, 11) is 1.40. The predicted octanol–water partition coefficient (Wildman–Crippen LogP) is 2.87. The van der Waals surface area contributed by atoms with Gasteiger partial charge in [-0.2, -0.15) is 0 Å². The fraction of sp³-hybridized carbons (Fsp3) is 0.417. The molecule has 0 fully saturated rings. The summed E-state index contributed by atoms with van der Waals surface area (Å²) >= 11 is 3.34. The van der Waals surface area contributed by atoms with E-state index in [4.69, 9.17) is 4.74 Å². The summed E-state index contributed by atoms with van der Waals surface area (Å²) in [5.74, 6) is -0.511. The van der Waals surface area contributed by atoms with Gasteiger partial charge < -0.3 is 4.74 Å². The molecule has 0 saturated carbocycles. The summed E-state index contributed by atoms with van der Waals surface area (Å²) in [4.78, 5) is 11.4. The van der Waals surface area contributed by atoms with E-state index < -0.39 is 0 Å². The third kappa shape index (κ3) is 2.12. The lowest BCUT2D eigenvalue weighted by Crippen LogP contribution is -2.24. The molecule has 2 rings (SSSR count). The lowest BCUT2D eigenvalue weighted by molar-refractivity contribution is -0.145. The first-order valence-electron chi connectivity index (χ1n) is 5.16. The number of halogens is 2. The Balaban J connectivity index is 2.30. The van der Waals surface area contributed by atoms with E-state index in [1.807, 2.05) is 0 Å². The molecular formula is C12H12BrFO2. The van der Waals surface area contributed by atoms with E-state index in [1.165, 1.54) is 13.2 Å². The Labute approximate surface area is 102 Å².